The minimum atomic E-state index is -1.05. The molecule has 2 heterocycles. The van der Waals surface area contributed by atoms with E-state index in [2.05, 4.69) is 10.6 Å². The van der Waals surface area contributed by atoms with Crippen molar-refractivity contribution in [3.05, 3.63) is 59.5 Å². The number of amides is 4. The number of imide groups is 1. The molecule has 1 aliphatic carbocycles. The molecule has 1 spiro atoms. The van der Waals surface area contributed by atoms with Gasteiger partial charge in [0.2, 0.25) is 5.91 Å². The predicted octanol–water partition coefficient (Wildman–Crippen LogP) is 1.39. The van der Waals surface area contributed by atoms with Gasteiger partial charge in [-0.2, -0.15) is 0 Å². The van der Waals surface area contributed by atoms with Crippen LogP contribution in [0.15, 0.2) is 47.1 Å². The van der Waals surface area contributed by atoms with Gasteiger partial charge in [0.15, 0.2) is 0 Å². The first kappa shape index (κ1) is 19.2. The van der Waals surface area contributed by atoms with E-state index in [0.717, 1.165) is 28.2 Å². The molecule has 2 aliphatic rings. The maximum Gasteiger partial charge on any atom is 0.325 e. The fraction of sp³-hybridized carbons (Fsp3) is 0.381. The number of urea groups is 1. The van der Waals surface area contributed by atoms with Gasteiger partial charge in [-0.1, -0.05) is 24.3 Å². The number of hydrogen-bond acceptors (Lipinski definition) is 5. The van der Waals surface area contributed by atoms with Crippen molar-refractivity contribution >= 4 is 17.8 Å². The van der Waals surface area contributed by atoms with Gasteiger partial charge < -0.3 is 15.1 Å². The van der Waals surface area contributed by atoms with E-state index in [-0.39, 0.29) is 18.5 Å². The lowest BCUT2D eigenvalue weighted by Gasteiger charge is -2.23. The average Bonchev–Trinajstić information content (AvgIpc) is 3.39. The first-order valence-electron chi connectivity index (χ1n) is 9.61. The summed E-state index contributed by atoms with van der Waals surface area (Å²) in [6, 6.07) is 10.6. The van der Waals surface area contributed by atoms with Crippen LogP contribution < -0.4 is 10.6 Å². The van der Waals surface area contributed by atoms with Crippen LogP contribution in [0.1, 0.15) is 29.3 Å². The van der Waals surface area contributed by atoms with Crippen molar-refractivity contribution in [3.63, 3.8) is 0 Å². The van der Waals surface area contributed by atoms with E-state index in [9.17, 15) is 14.4 Å². The van der Waals surface area contributed by atoms with Gasteiger partial charge in [0, 0.05) is 6.54 Å². The summed E-state index contributed by atoms with van der Waals surface area (Å²) < 4.78 is 5.43. The van der Waals surface area contributed by atoms with Crippen molar-refractivity contribution < 1.29 is 18.8 Å². The fourth-order valence-electron chi connectivity index (χ4n) is 4.16. The van der Waals surface area contributed by atoms with Gasteiger partial charge in [-0.3, -0.25) is 19.4 Å². The Hall–Kier alpha value is -3.13. The maximum absolute atomic E-state index is 13.1. The highest BCUT2D eigenvalue weighted by Crippen LogP contribution is 2.41. The monoisotopic (exact) mass is 396 g/mol. The lowest BCUT2D eigenvalue weighted by molar-refractivity contribution is -0.135. The third kappa shape index (κ3) is 3.29. The largest absolute Gasteiger partial charge is 0.468 e. The van der Waals surface area contributed by atoms with E-state index in [4.69, 9.17) is 4.42 Å². The molecule has 0 saturated carbocycles. The molecule has 8 nitrogen and oxygen atoms in total. The Morgan fingerprint density at radius 2 is 2.07 bits per heavy atom. The molecule has 2 N–H and O–H groups in total. The molecule has 2 aromatic rings. The van der Waals surface area contributed by atoms with Crippen LogP contribution in [0, 0.1) is 0 Å². The molecule has 4 amide bonds. The van der Waals surface area contributed by atoms with Crippen LogP contribution in [0.2, 0.25) is 0 Å². The first-order valence-corrected chi connectivity index (χ1v) is 9.61. The highest BCUT2D eigenvalue weighted by Gasteiger charge is 2.55. The topological polar surface area (TPSA) is 94.9 Å². The Morgan fingerprint density at radius 1 is 1.28 bits per heavy atom. The number of fused-ring (bicyclic) bond motifs is 2. The third-order valence-corrected chi connectivity index (χ3v) is 5.71. The number of nitrogens with zero attached hydrogens (tertiary/aromatic N) is 2. The summed E-state index contributed by atoms with van der Waals surface area (Å²) in [7, 11) is 3.77. The van der Waals surface area contributed by atoms with Crippen LogP contribution >= 0.6 is 0 Å². The van der Waals surface area contributed by atoms with E-state index >= 15 is 0 Å². The minimum Gasteiger partial charge on any atom is -0.468 e. The zero-order valence-electron chi connectivity index (χ0n) is 16.5. The molecule has 29 heavy (non-hydrogen) atoms. The van der Waals surface area contributed by atoms with Crippen LogP contribution in [0.5, 0.6) is 0 Å². The molecule has 1 aromatic heterocycles. The molecule has 1 aromatic carbocycles. The standard InChI is InChI=1S/C21H24N4O4/c1-24(2)16(17-8-5-11-29-17)12-22-18(26)13-25-19(27)21(23-20(25)28)10-9-14-6-3-4-7-15(14)21/h3-8,11,16H,9-10,12-13H2,1-2H3,(H,22,26)(H,23,28)/t16-,21+/m0/s1. The molecule has 152 valence electrons. The van der Waals surface area contributed by atoms with Crippen molar-refractivity contribution in [2.24, 2.45) is 0 Å². The Kier molecular flexibility index (Phi) is 4.87. The second-order valence-electron chi connectivity index (χ2n) is 7.68. The number of benzene rings is 1. The average molecular weight is 396 g/mol. The summed E-state index contributed by atoms with van der Waals surface area (Å²) in [5.41, 5.74) is 0.834. The van der Waals surface area contributed by atoms with Crippen molar-refractivity contribution in [1.29, 1.82) is 0 Å². The lowest BCUT2D eigenvalue weighted by Crippen LogP contribution is -2.44. The Balaban J connectivity index is 1.43. The van der Waals surface area contributed by atoms with Crippen LogP contribution in [-0.4, -0.2) is 54.8 Å². The van der Waals surface area contributed by atoms with E-state index in [1.807, 2.05) is 49.3 Å². The first-order chi connectivity index (χ1) is 13.9. The summed E-state index contributed by atoms with van der Waals surface area (Å²) in [5, 5.41) is 5.63. The number of likely N-dealkylation sites (N-methyl/N-ethyl adjacent to an activating group) is 1. The number of hydrogen-bond donors (Lipinski definition) is 2. The molecule has 4 rings (SSSR count). The van der Waals surface area contributed by atoms with Crippen molar-refractivity contribution in [2.75, 3.05) is 27.2 Å². The smallest absolute Gasteiger partial charge is 0.325 e. The molecule has 1 aliphatic heterocycles. The number of carbonyl (C=O) groups excluding carboxylic acids is 3. The molecule has 2 atom stereocenters. The fourth-order valence-corrected chi connectivity index (χ4v) is 4.16. The van der Waals surface area contributed by atoms with Gasteiger partial charge in [-0.05, 0) is 50.2 Å². The Labute approximate surface area is 168 Å². The van der Waals surface area contributed by atoms with Gasteiger partial charge in [-0.15, -0.1) is 0 Å². The van der Waals surface area contributed by atoms with Crippen molar-refractivity contribution in [3.8, 4) is 0 Å². The van der Waals surface area contributed by atoms with Crippen LogP contribution in [0.4, 0.5) is 4.79 Å². The van der Waals surface area contributed by atoms with Crippen molar-refractivity contribution in [1.82, 2.24) is 20.4 Å². The highest BCUT2D eigenvalue weighted by atomic mass is 16.3. The summed E-state index contributed by atoms with van der Waals surface area (Å²) in [6.07, 6.45) is 2.81. The van der Waals surface area contributed by atoms with Gasteiger partial charge >= 0.3 is 6.03 Å². The predicted molar refractivity (Wildman–Crippen MR) is 105 cm³/mol. The Bertz CT molecular complexity index is 940. The highest BCUT2D eigenvalue weighted by molar-refractivity contribution is 6.09. The van der Waals surface area contributed by atoms with E-state index < -0.39 is 17.5 Å². The number of carbonyl (C=O) groups is 3. The molecular formula is C21H24N4O4. The Morgan fingerprint density at radius 3 is 2.79 bits per heavy atom. The van der Waals surface area contributed by atoms with Gasteiger partial charge in [0.05, 0.1) is 12.3 Å². The molecule has 1 saturated heterocycles. The van der Waals surface area contributed by atoms with Gasteiger partial charge in [-0.25, -0.2) is 4.79 Å². The lowest BCUT2D eigenvalue weighted by atomic mass is 9.92. The summed E-state index contributed by atoms with van der Waals surface area (Å²) in [5.74, 6) is -0.0279. The third-order valence-electron chi connectivity index (χ3n) is 5.71. The van der Waals surface area contributed by atoms with Gasteiger partial charge in [0.1, 0.15) is 17.8 Å². The molecule has 8 heteroatoms. The number of rotatable bonds is 6. The quantitative estimate of drug-likeness (QED) is 0.720. The molecule has 1 fully saturated rings. The van der Waals surface area contributed by atoms with Crippen molar-refractivity contribution in [2.45, 2.75) is 24.4 Å². The zero-order valence-corrected chi connectivity index (χ0v) is 16.5. The van der Waals surface area contributed by atoms with E-state index in [1.165, 1.54) is 0 Å². The second kappa shape index (κ2) is 7.36. The number of furan rings is 1. The zero-order chi connectivity index (χ0) is 20.6. The SMILES string of the molecule is CN(C)[C@@H](CNC(=O)CN1C(=O)N[C@@]2(CCc3ccccc32)C1=O)c1ccco1. The molecule has 0 radical (unpaired) electrons. The molecule has 0 unspecified atom stereocenters. The van der Waals surface area contributed by atoms with Gasteiger partial charge in [0.25, 0.3) is 5.91 Å². The summed E-state index contributed by atoms with van der Waals surface area (Å²) in [4.78, 5) is 41.1. The summed E-state index contributed by atoms with van der Waals surface area (Å²) >= 11 is 0. The summed E-state index contributed by atoms with van der Waals surface area (Å²) in [6.45, 7) is -0.0101. The second-order valence-corrected chi connectivity index (χ2v) is 7.68. The number of nitrogens with one attached hydrogen (secondary N) is 2. The van der Waals surface area contributed by atoms with Crippen LogP contribution in [0.3, 0.4) is 0 Å². The van der Waals surface area contributed by atoms with E-state index in [0.29, 0.717) is 13.0 Å². The number of aryl methyl sites for hydroxylation is 1. The minimum absolute atomic E-state index is 0.148. The molecule has 0 bridgehead atoms. The maximum atomic E-state index is 13.1. The van der Waals surface area contributed by atoms with E-state index in [1.54, 1.807) is 12.3 Å². The van der Waals surface area contributed by atoms with Crippen LogP contribution in [0.25, 0.3) is 0 Å². The molecular weight excluding hydrogens is 372 g/mol. The normalized spacial score (nSPS) is 21.6. The van der Waals surface area contributed by atoms with Crippen LogP contribution in [-0.2, 0) is 21.5 Å².